The maximum atomic E-state index is 12.8. The van der Waals surface area contributed by atoms with Gasteiger partial charge in [-0.2, -0.15) is 13.2 Å². The lowest BCUT2D eigenvalue weighted by molar-refractivity contribution is -0.278. The molecule has 0 aromatic heterocycles. The highest BCUT2D eigenvalue weighted by atomic mass is 19.4. The molecule has 0 unspecified atom stereocenters. The standard InChI is InChI=1S/C12H18F3NO3/c1-10(2,3)19-9(17)16-6-7-4-8(16)5-11(7,18)12(13,14)15/h7-8,18H,4-6H2,1-3H3/t7-,8+,11+/m1/s1. The van der Waals surface area contributed by atoms with Crippen LogP contribution in [0.4, 0.5) is 18.0 Å². The number of carbonyl (C=O) groups is 1. The number of likely N-dealkylation sites (tertiary alicyclic amines) is 1. The van der Waals surface area contributed by atoms with Crippen molar-refractivity contribution in [2.75, 3.05) is 6.54 Å². The molecule has 19 heavy (non-hydrogen) atoms. The molecule has 2 rings (SSSR count). The second-order valence-electron chi connectivity index (χ2n) is 6.35. The first-order valence-electron chi connectivity index (χ1n) is 6.23. The predicted molar refractivity (Wildman–Crippen MR) is 60.5 cm³/mol. The van der Waals surface area contributed by atoms with Crippen molar-refractivity contribution in [1.29, 1.82) is 0 Å². The van der Waals surface area contributed by atoms with Crippen LogP contribution in [-0.4, -0.2) is 46.1 Å². The molecule has 1 amide bonds. The van der Waals surface area contributed by atoms with E-state index in [1.54, 1.807) is 20.8 Å². The second-order valence-corrected chi connectivity index (χ2v) is 6.35. The van der Waals surface area contributed by atoms with Crippen molar-refractivity contribution in [2.45, 2.75) is 57.0 Å². The van der Waals surface area contributed by atoms with Crippen LogP contribution in [0.15, 0.2) is 0 Å². The van der Waals surface area contributed by atoms with Crippen molar-refractivity contribution in [3.05, 3.63) is 0 Å². The molecule has 4 nitrogen and oxygen atoms in total. The third-order valence-electron chi connectivity index (χ3n) is 3.76. The minimum Gasteiger partial charge on any atom is -0.444 e. The summed E-state index contributed by atoms with van der Waals surface area (Å²) in [5.41, 5.74) is -3.34. The first-order chi connectivity index (χ1) is 8.44. The Morgan fingerprint density at radius 2 is 1.95 bits per heavy atom. The zero-order valence-electron chi connectivity index (χ0n) is 11.1. The van der Waals surface area contributed by atoms with E-state index in [0.29, 0.717) is 0 Å². The van der Waals surface area contributed by atoms with Crippen molar-refractivity contribution in [3.8, 4) is 0 Å². The monoisotopic (exact) mass is 281 g/mol. The number of aliphatic hydroxyl groups is 1. The maximum Gasteiger partial charge on any atom is 0.417 e. The number of hydrogen-bond donors (Lipinski definition) is 1. The first kappa shape index (κ1) is 14.4. The molecule has 1 N–H and O–H groups in total. The minimum absolute atomic E-state index is 0.102. The predicted octanol–water partition coefficient (Wildman–Crippen LogP) is 2.31. The van der Waals surface area contributed by atoms with Gasteiger partial charge in [0, 0.05) is 24.9 Å². The largest absolute Gasteiger partial charge is 0.444 e. The zero-order chi connectivity index (χ0) is 14.6. The molecule has 3 atom stereocenters. The van der Waals surface area contributed by atoms with Gasteiger partial charge < -0.3 is 14.7 Å². The van der Waals surface area contributed by atoms with E-state index in [1.165, 1.54) is 4.90 Å². The third kappa shape index (κ3) is 2.40. The van der Waals surface area contributed by atoms with Gasteiger partial charge in [-0.05, 0) is 27.2 Å². The van der Waals surface area contributed by atoms with Crippen LogP contribution < -0.4 is 0 Å². The lowest BCUT2D eigenvalue weighted by Gasteiger charge is -2.39. The van der Waals surface area contributed by atoms with Gasteiger partial charge in [0.25, 0.3) is 0 Å². The number of alkyl halides is 3. The summed E-state index contributed by atoms with van der Waals surface area (Å²) in [6, 6.07) is -0.591. The number of amides is 1. The van der Waals surface area contributed by atoms with E-state index < -0.39 is 41.9 Å². The van der Waals surface area contributed by atoms with Gasteiger partial charge >= 0.3 is 12.3 Å². The molecule has 2 aliphatic rings. The van der Waals surface area contributed by atoms with Crippen LogP contribution in [0.25, 0.3) is 0 Å². The molecule has 0 radical (unpaired) electrons. The number of halogens is 3. The number of carbonyl (C=O) groups excluding carboxylic acids is 1. The van der Waals surface area contributed by atoms with E-state index in [4.69, 9.17) is 4.74 Å². The van der Waals surface area contributed by atoms with Crippen molar-refractivity contribution >= 4 is 6.09 Å². The van der Waals surface area contributed by atoms with Crippen molar-refractivity contribution in [3.63, 3.8) is 0 Å². The van der Waals surface area contributed by atoms with E-state index in [-0.39, 0.29) is 13.0 Å². The molecule has 0 aromatic carbocycles. The first-order valence-corrected chi connectivity index (χ1v) is 6.23. The van der Waals surface area contributed by atoms with Crippen molar-refractivity contribution < 1.29 is 27.8 Å². The Labute approximate surface area is 109 Å². The SMILES string of the molecule is CC(C)(C)OC(=O)N1C[C@H]2C[C@H]1C[C@@]2(O)C(F)(F)F. The van der Waals surface area contributed by atoms with Gasteiger partial charge in [0.2, 0.25) is 0 Å². The smallest absolute Gasteiger partial charge is 0.417 e. The van der Waals surface area contributed by atoms with Gasteiger partial charge in [-0.1, -0.05) is 0 Å². The summed E-state index contributed by atoms with van der Waals surface area (Å²) in [6.07, 6.45) is -5.54. The average molecular weight is 281 g/mol. The Hall–Kier alpha value is -0.980. The lowest BCUT2D eigenvalue weighted by Crippen LogP contribution is -2.56. The van der Waals surface area contributed by atoms with Gasteiger partial charge in [-0.15, -0.1) is 0 Å². The normalized spacial score (nSPS) is 34.8. The summed E-state index contributed by atoms with van der Waals surface area (Å²) in [4.78, 5) is 13.2. The lowest BCUT2D eigenvalue weighted by atomic mass is 9.88. The van der Waals surface area contributed by atoms with Gasteiger partial charge in [0.1, 0.15) is 5.60 Å². The van der Waals surface area contributed by atoms with Gasteiger partial charge in [0.05, 0.1) is 0 Å². The fraction of sp³-hybridized carbons (Fsp3) is 0.917. The van der Waals surface area contributed by atoms with Crippen LogP contribution in [-0.2, 0) is 4.74 Å². The molecule has 1 saturated carbocycles. The fourth-order valence-corrected chi connectivity index (χ4v) is 2.87. The van der Waals surface area contributed by atoms with E-state index in [1.807, 2.05) is 0 Å². The van der Waals surface area contributed by atoms with Crippen molar-refractivity contribution in [2.24, 2.45) is 5.92 Å². The summed E-state index contributed by atoms with van der Waals surface area (Å²) in [7, 11) is 0. The van der Waals surface area contributed by atoms with Gasteiger partial charge in [0.15, 0.2) is 5.60 Å². The van der Waals surface area contributed by atoms with Gasteiger partial charge in [-0.25, -0.2) is 4.79 Å². The van der Waals surface area contributed by atoms with E-state index in [2.05, 4.69) is 0 Å². The van der Waals surface area contributed by atoms with Gasteiger partial charge in [-0.3, -0.25) is 0 Å². The molecule has 110 valence electrons. The molecular weight excluding hydrogens is 263 g/mol. The minimum atomic E-state index is -4.65. The Morgan fingerprint density at radius 1 is 1.37 bits per heavy atom. The average Bonchev–Trinajstić information content (AvgIpc) is 2.70. The molecule has 0 spiro atoms. The summed E-state index contributed by atoms with van der Waals surface area (Å²) >= 11 is 0. The summed E-state index contributed by atoms with van der Waals surface area (Å²) in [6.45, 7) is 5.00. The summed E-state index contributed by atoms with van der Waals surface area (Å²) in [5, 5.41) is 9.75. The molecular formula is C12H18F3NO3. The molecule has 2 bridgehead atoms. The fourth-order valence-electron chi connectivity index (χ4n) is 2.87. The van der Waals surface area contributed by atoms with Crippen LogP contribution in [0.3, 0.4) is 0 Å². The summed E-state index contributed by atoms with van der Waals surface area (Å²) in [5.74, 6) is -0.954. The highest BCUT2D eigenvalue weighted by molar-refractivity contribution is 5.69. The molecule has 1 saturated heterocycles. The molecule has 0 aromatic rings. The molecule has 2 fully saturated rings. The number of hydrogen-bond acceptors (Lipinski definition) is 3. The topological polar surface area (TPSA) is 49.8 Å². The zero-order valence-corrected chi connectivity index (χ0v) is 11.1. The Bertz CT molecular complexity index is 391. The Kier molecular flexibility index (Phi) is 3.04. The van der Waals surface area contributed by atoms with E-state index >= 15 is 0 Å². The van der Waals surface area contributed by atoms with Crippen LogP contribution in [0.1, 0.15) is 33.6 Å². The van der Waals surface area contributed by atoms with Crippen molar-refractivity contribution in [1.82, 2.24) is 4.90 Å². The van der Waals surface area contributed by atoms with E-state index in [9.17, 15) is 23.1 Å². The Balaban J connectivity index is 2.06. The van der Waals surface area contributed by atoms with Crippen LogP contribution >= 0.6 is 0 Å². The summed E-state index contributed by atoms with van der Waals surface area (Å²) < 4.78 is 43.6. The maximum absolute atomic E-state index is 12.8. The number of nitrogens with zero attached hydrogens (tertiary/aromatic N) is 1. The highest BCUT2D eigenvalue weighted by Crippen LogP contribution is 2.52. The number of rotatable bonds is 0. The van der Waals surface area contributed by atoms with Crippen LogP contribution in [0.5, 0.6) is 0 Å². The van der Waals surface area contributed by atoms with Crippen LogP contribution in [0, 0.1) is 5.92 Å². The van der Waals surface area contributed by atoms with Crippen LogP contribution in [0.2, 0.25) is 0 Å². The highest BCUT2D eigenvalue weighted by Gasteiger charge is 2.67. The molecule has 1 aliphatic heterocycles. The second kappa shape index (κ2) is 4.01. The quantitative estimate of drug-likeness (QED) is 0.741. The number of fused-ring (bicyclic) bond motifs is 2. The number of ether oxygens (including phenoxy) is 1. The molecule has 1 heterocycles. The third-order valence-corrected chi connectivity index (χ3v) is 3.76. The van der Waals surface area contributed by atoms with E-state index in [0.717, 1.165) is 0 Å². The molecule has 7 heteroatoms. The Morgan fingerprint density at radius 3 is 2.32 bits per heavy atom. The molecule has 1 aliphatic carbocycles. The number of piperidine rings is 1.